The largest absolute Gasteiger partial charge is 0.322 e. The van der Waals surface area contributed by atoms with Crippen molar-refractivity contribution in [3.05, 3.63) is 42.7 Å². The summed E-state index contributed by atoms with van der Waals surface area (Å²) in [5.74, 6) is 0. The van der Waals surface area contributed by atoms with E-state index in [0.29, 0.717) is 4.90 Å². The maximum Gasteiger partial charge on any atom is 0.0834 e. The number of hydrogen-bond acceptors (Lipinski definition) is 1. The fourth-order valence-electron chi connectivity index (χ4n) is 1.31. The summed E-state index contributed by atoms with van der Waals surface area (Å²) in [7, 11) is 0. The molecule has 2 heterocycles. The molecule has 0 unspecified atom stereocenters. The standard InChI is InChI=1S/C10H8FNS/c1-2-8-6-9-10(13-11)4-3-5-12(9)7-8/h2-7H,1H2. The van der Waals surface area contributed by atoms with Gasteiger partial charge in [-0.25, -0.2) is 0 Å². The van der Waals surface area contributed by atoms with Crippen LogP contribution in [0.3, 0.4) is 0 Å². The van der Waals surface area contributed by atoms with Crippen molar-refractivity contribution in [2.24, 2.45) is 0 Å². The van der Waals surface area contributed by atoms with Crippen LogP contribution in [0.1, 0.15) is 5.56 Å². The lowest BCUT2D eigenvalue weighted by molar-refractivity contribution is 0.934. The second kappa shape index (κ2) is 3.26. The molecule has 0 amide bonds. The Morgan fingerprint density at radius 2 is 2.38 bits per heavy atom. The fourth-order valence-corrected chi connectivity index (χ4v) is 1.68. The van der Waals surface area contributed by atoms with Crippen LogP contribution in [0.4, 0.5) is 3.89 Å². The van der Waals surface area contributed by atoms with Crippen LogP contribution in [-0.4, -0.2) is 4.40 Å². The van der Waals surface area contributed by atoms with Gasteiger partial charge in [0, 0.05) is 12.4 Å². The van der Waals surface area contributed by atoms with Crippen LogP contribution in [-0.2, 0) is 0 Å². The number of halogens is 1. The normalized spacial score (nSPS) is 10.5. The Morgan fingerprint density at radius 3 is 3.08 bits per heavy atom. The lowest BCUT2D eigenvalue weighted by Gasteiger charge is -1.96. The van der Waals surface area contributed by atoms with E-state index < -0.39 is 0 Å². The molecule has 66 valence electrons. The highest BCUT2D eigenvalue weighted by molar-refractivity contribution is 7.94. The molecule has 0 aliphatic carbocycles. The molecular formula is C10H8FNS. The van der Waals surface area contributed by atoms with Crippen molar-refractivity contribution < 1.29 is 3.89 Å². The third kappa shape index (κ3) is 1.35. The van der Waals surface area contributed by atoms with Crippen molar-refractivity contribution >= 4 is 23.7 Å². The predicted octanol–water partition coefficient (Wildman–Crippen LogP) is 3.56. The first-order valence-corrected chi connectivity index (χ1v) is 4.58. The Labute approximate surface area is 80.2 Å². The number of fused-ring (bicyclic) bond motifs is 1. The Hall–Kier alpha value is -1.22. The van der Waals surface area contributed by atoms with Crippen LogP contribution in [0.2, 0.25) is 0 Å². The van der Waals surface area contributed by atoms with E-state index in [0.717, 1.165) is 11.1 Å². The van der Waals surface area contributed by atoms with Gasteiger partial charge >= 0.3 is 0 Å². The van der Waals surface area contributed by atoms with Gasteiger partial charge in [0.05, 0.1) is 22.6 Å². The van der Waals surface area contributed by atoms with E-state index in [9.17, 15) is 3.89 Å². The summed E-state index contributed by atoms with van der Waals surface area (Å²) in [5, 5.41) is 0. The lowest BCUT2D eigenvalue weighted by Crippen LogP contribution is -1.80. The van der Waals surface area contributed by atoms with Crippen molar-refractivity contribution in [2.45, 2.75) is 4.90 Å². The van der Waals surface area contributed by atoms with E-state index in [1.54, 1.807) is 12.1 Å². The molecule has 1 nitrogen and oxygen atoms in total. The first-order valence-electron chi connectivity index (χ1n) is 3.87. The molecule has 0 spiro atoms. The van der Waals surface area contributed by atoms with E-state index >= 15 is 0 Å². The van der Waals surface area contributed by atoms with Gasteiger partial charge in [-0.3, -0.25) is 0 Å². The van der Waals surface area contributed by atoms with Crippen molar-refractivity contribution in [2.75, 3.05) is 0 Å². The minimum absolute atomic E-state index is 0.267. The minimum atomic E-state index is 0.267. The molecular weight excluding hydrogens is 185 g/mol. The molecule has 0 saturated heterocycles. The van der Waals surface area contributed by atoms with Crippen LogP contribution in [0.25, 0.3) is 11.6 Å². The Bertz CT molecular complexity index is 447. The molecule has 0 radical (unpaired) electrons. The predicted molar refractivity (Wildman–Crippen MR) is 54.5 cm³/mol. The minimum Gasteiger partial charge on any atom is -0.322 e. The van der Waals surface area contributed by atoms with Crippen LogP contribution in [0, 0.1) is 0 Å². The summed E-state index contributed by atoms with van der Waals surface area (Å²) in [6.07, 6.45) is 5.56. The summed E-state index contributed by atoms with van der Waals surface area (Å²) in [6.45, 7) is 3.67. The van der Waals surface area contributed by atoms with Gasteiger partial charge in [0.2, 0.25) is 0 Å². The maximum atomic E-state index is 12.4. The number of pyridine rings is 1. The zero-order valence-electron chi connectivity index (χ0n) is 6.90. The van der Waals surface area contributed by atoms with Crippen LogP contribution < -0.4 is 0 Å². The van der Waals surface area contributed by atoms with Crippen LogP contribution in [0.5, 0.6) is 0 Å². The van der Waals surface area contributed by atoms with Crippen LogP contribution in [0.15, 0.2) is 42.1 Å². The van der Waals surface area contributed by atoms with Gasteiger partial charge in [-0.15, -0.1) is 0 Å². The molecule has 0 saturated carbocycles. The number of nitrogens with zero attached hydrogens (tertiary/aromatic N) is 1. The molecule has 3 heteroatoms. The Morgan fingerprint density at radius 1 is 1.54 bits per heavy atom. The molecule has 2 aromatic heterocycles. The second-order valence-corrected chi connectivity index (χ2v) is 3.31. The third-order valence-electron chi connectivity index (χ3n) is 1.94. The molecule has 0 atom stereocenters. The van der Waals surface area contributed by atoms with E-state index in [4.69, 9.17) is 0 Å². The van der Waals surface area contributed by atoms with Gasteiger partial charge in [0.1, 0.15) is 0 Å². The molecule has 0 aliphatic rings. The molecule has 0 fully saturated rings. The molecule has 2 aromatic rings. The molecule has 13 heavy (non-hydrogen) atoms. The fraction of sp³-hybridized carbons (Fsp3) is 0. The van der Waals surface area contributed by atoms with Crippen molar-refractivity contribution in [1.29, 1.82) is 0 Å². The molecule has 0 aliphatic heterocycles. The summed E-state index contributed by atoms with van der Waals surface area (Å²) in [5.41, 5.74) is 1.88. The molecule has 0 aromatic carbocycles. The zero-order chi connectivity index (χ0) is 9.26. The topological polar surface area (TPSA) is 4.41 Å². The first-order chi connectivity index (χ1) is 6.35. The summed E-state index contributed by atoms with van der Waals surface area (Å²) < 4.78 is 14.3. The van der Waals surface area contributed by atoms with Gasteiger partial charge in [-0.2, -0.15) is 3.89 Å². The number of rotatable bonds is 2. The van der Waals surface area contributed by atoms with Gasteiger partial charge < -0.3 is 4.40 Å². The highest BCUT2D eigenvalue weighted by atomic mass is 32.2. The van der Waals surface area contributed by atoms with Gasteiger partial charge in [0.15, 0.2) is 0 Å². The number of hydrogen-bond donors (Lipinski definition) is 0. The lowest BCUT2D eigenvalue weighted by atomic mass is 10.3. The molecule has 2 rings (SSSR count). The van der Waals surface area contributed by atoms with Gasteiger partial charge in [-0.1, -0.05) is 12.7 Å². The van der Waals surface area contributed by atoms with Crippen molar-refractivity contribution in [1.82, 2.24) is 4.40 Å². The van der Waals surface area contributed by atoms with Crippen molar-refractivity contribution in [3.8, 4) is 0 Å². The second-order valence-electron chi connectivity index (χ2n) is 2.72. The third-order valence-corrected chi connectivity index (χ3v) is 2.45. The monoisotopic (exact) mass is 193 g/mol. The first kappa shape index (κ1) is 8.38. The van der Waals surface area contributed by atoms with E-state index in [2.05, 4.69) is 6.58 Å². The highest BCUT2D eigenvalue weighted by Crippen LogP contribution is 2.25. The van der Waals surface area contributed by atoms with Crippen molar-refractivity contribution in [3.63, 3.8) is 0 Å². The smallest absolute Gasteiger partial charge is 0.0834 e. The molecule has 0 N–H and O–H groups in total. The summed E-state index contributed by atoms with van der Waals surface area (Å²) >= 11 is 0.267. The molecule has 0 bridgehead atoms. The Kier molecular flexibility index (Phi) is 2.10. The quantitative estimate of drug-likeness (QED) is 0.705. The SMILES string of the molecule is C=Cc1cc2c(SF)cccn2c1. The van der Waals surface area contributed by atoms with E-state index in [-0.39, 0.29) is 12.1 Å². The van der Waals surface area contributed by atoms with Gasteiger partial charge in [-0.05, 0) is 23.8 Å². The van der Waals surface area contributed by atoms with E-state index in [1.807, 2.05) is 28.9 Å². The highest BCUT2D eigenvalue weighted by Gasteiger charge is 2.02. The Balaban J connectivity index is 2.74. The zero-order valence-corrected chi connectivity index (χ0v) is 7.72. The summed E-state index contributed by atoms with van der Waals surface area (Å²) in [6, 6.07) is 5.49. The average Bonchev–Trinajstić information content (AvgIpc) is 2.59. The van der Waals surface area contributed by atoms with Gasteiger partial charge in [0.25, 0.3) is 0 Å². The van der Waals surface area contributed by atoms with Crippen LogP contribution >= 0.6 is 12.1 Å². The average molecular weight is 193 g/mol. The summed E-state index contributed by atoms with van der Waals surface area (Å²) in [4.78, 5) is 0.635. The number of aromatic nitrogens is 1. The van der Waals surface area contributed by atoms with E-state index in [1.165, 1.54) is 0 Å². The maximum absolute atomic E-state index is 12.4.